The summed E-state index contributed by atoms with van der Waals surface area (Å²) in [5, 5.41) is 0.426. The van der Waals surface area contributed by atoms with E-state index in [2.05, 4.69) is 4.74 Å². The number of hydrogen-bond donors (Lipinski definition) is 0. The molecule has 0 amide bonds. The Morgan fingerprint density at radius 3 is 2.53 bits per heavy atom. The van der Waals surface area contributed by atoms with Gasteiger partial charge in [0, 0.05) is 16.5 Å². The van der Waals surface area contributed by atoms with Crippen molar-refractivity contribution in [3.05, 3.63) is 34.3 Å². The van der Waals surface area contributed by atoms with Crippen molar-refractivity contribution in [3.8, 4) is 0 Å². The van der Waals surface area contributed by atoms with Gasteiger partial charge in [0.1, 0.15) is 0 Å². The van der Waals surface area contributed by atoms with E-state index < -0.39 is 5.97 Å². The van der Waals surface area contributed by atoms with Gasteiger partial charge >= 0.3 is 5.97 Å². The molecule has 4 heteroatoms. The SMILES string of the molecule is COC(=O)c1cc(Cl)ccc1C(=O)C1CCC1. The molecule has 1 fully saturated rings. The van der Waals surface area contributed by atoms with Crippen LogP contribution in [0.3, 0.4) is 0 Å². The lowest BCUT2D eigenvalue weighted by Gasteiger charge is -2.24. The molecule has 0 aliphatic heterocycles. The zero-order valence-electron chi connectivity index (χ0n) is 9.53. The van der Waals surface area contributed by atoms with Crippen molar-refractivity contribution in [2.24, 2.45) is 5.92 Å². The average Bonchev–Trinajstić information content (AvgIpc) is 2.25. The molecule has 1 aliphatic rings. The van der Waals surface area contributed by atoms with Crippen molar-refractivity contribution in [2.75, 3.05) is 7.11 Å². The molecular formula is C13H13ClO3. The molecule has 0 unspecified atom stereocenters. The summed E-state index contributed by atoms with van der Waals surface area (Å²) in [4.78, 5) is 23.7. The van der Waals surface area contributed by atoms with Crippen molar-refractivity contribution < 1.29 is 14.3 Å². The molecule has 90 valence electrons. The minimum Gasteiger partial charge on any atom is -0.465 e. The molecule has 0 radical (unpaired) electrons. The molecule has 0 spiro atoms. The van der Waals surface area contributed by atoms with Crippen LogP contribution in [0.25, 0.3) is 0 Å². The number of halogens is 1. The van der Waals surface area contributed by atoms with Gasteiger partial charge in [-0.15, -0.1) is 0 Å². The van der Waals surface area contributed by atoms with Crippen LogP contribution in [0.1, 0.15) is 40.0 Å². The number of carbonyl (C=O) groups excluding carboxylic acids is 2. The number of Topliss-reactive ketones (excluding diaryl/α,β-unsaturated/α-hetero) is 1. The summed E-state index contributed by atoms with van der Waals surface area (Å²) in [6.45, 7) is 0. The third-order valence-corrected chi connectivity index (χ3v) is 3.36. The first kappa shape index (κ1) is 12.1. The molecule has 1 aromatic carbocycles. The molecule has 0 heterocycles. The van der Waals surface area contributed by atoms with Gasteiger partial charge in [-0.3, -0.25) is 4.79 Å². The van der Waals surface area contributed by atoms with E-state index in [9.17, 15) is 9.59 Å². The van der Waals surface area contributed by atoms with E-state index in [0.717, 1.165) is 19.3 Å². The Labute approximate surface area is 105 Å². The van der Waals surface area contributed by atoms with Crippen molar-refractivity contribution >= 4 is 23.4 Å². The molecule has 0 saturated heterocycles. The lowest BCUT2D eigenvalue weighted by Crippen LogP contribution is -2.24. The highest BCUT2D eigenvalue weighted by Gasteiger charge is 2.29. The highest BCUT2D eigenvalue weighted by molar-refractivity contribution is 6.31. The van der Waals surface area contributed by atoms with Gasteiger partial charge in [0.25, 0.3) is 0 Å². The van der Waals surface area contributed by atoms with Gasteiger partial charge < -0.3 is 4.74 Å². The molecular weight excluding hydrogens is 240 g/mol. The summed E-state index contributed by atoms with van der Waals surface area (Å²) in [7, 11) is 1.29. The molecule has 3 nitrogen and oxygen atoms in total. The van der Waals surface area contributed by atoms with Crippen molar-refractivity contribution in [1.82, 2.24) is 0 Å². The summed E-state index contributed by atoms with van der Waals surface area (Å²) in [5.74, 6) is -0.442. The number of benzene rings is 1. The Bertz CT molecular complexity index is 464. The molecule has 0 aromatic heterocycles. The number of ketones is 1. The predicted octanol–water partition coefficient (Wildman–Crippen LogP) is 3.11. The second kappa shape index (κ2) is 4.88. The Morgan fingerprint density at radius 2 is 2.00 bits per heavy atom. The highest BCUT2D eigenvalue weighted by Crippen LogP contribution is 2.31. The van der Waals surface area contributed by atoms with Gasteiger partial charge in [-0.2, -0.15) is 0 Å². The number of carbonyl (C=O) groups is 2. The maximum atomic E-state index is 12.1. The van der Waals surface area contributed by atoms with E-state index in [4.69, 9.17) is 11.6 Å². The summed E-state index contributed by atoms with van der Waals surface area (Å²) in [6, 6.07) is 4.72. The molecule has 1 saturated carbocycles. The number of esters is 1. The van der Waals surface area contributed by atoms with Gasteiger partial charge in [-0.05, 0) is 31.0 Å². The van der Waals surface area contributed by atoms with Gasteiger partial charge in [-0.25, -0.2) is 4.79 Å². The zero-order valence-corrected chi connectivity index (χ0v) is 10.3. The van der Waals surface area contributed by atoms with Gasteiger partial charge in [-0.1, -0.05) is 18.0 Å². The quantitative estimate of drug-likeness (QED) is 0.613. The zero-order chi connectivity index (χ0) is 12.4. The Hall–Kier alpha value is -1.35. The third kappa shape index (κ3) is 2.34. The van der Waals surface area contributed by atoms with Crippen molar-refractivity contribution in [1.29, 1.82) is 0 Å². The molecule has 2 rings (SSSR count). The van der Waals surface area contributed by atoms with E-state index in [-0.39, 0.29) is 17.3 Å². The number of methoxy groups -OCH3 is 1. The predicted molar refractivity (Wildman–Crippen MR) is 64.5 cm³/mol. The van der Waals surface area contributed by atoms with E-state index >= 15 is 0 Å². The normalized spacial score (nSPS) is 15.2. The topological polar surface area (TPSA) is 43.4 Å². The van der Waals surface area contributed by atoms with Crippen LogP contribution in [0, 0.1) is 5.92 Å². The molecule has 17 heavy (non-hydrogen) atoms. The molecule has 0 atom stereocenters. The van der Waals surface area contributed by atoms with Crippen LogP contribution in [0.15, 0.2) is 18.2 Å². The monoisotopic (exact) mass is 252 g/mol. The van der Waals surface area contributed by atoms with Gasteiger partial charge in [0.2, 0.25) is 0 Å². The summed E-state index contributed by atoms with van der Waals surface area (Å²) in [6.07, 6.45) is 2.89. The Morgan fingerprint density at radius 1 is 1.29 bits per heavy atom. The highest BCUT2D eigenvalue weighted by atomic mass is 35.5. The standard InChI is InChI=1S/C13H13ClO3/c1-17-13(16)11-7-9(14)5-6-10(11)12(15)8-3-2-4-8/h5-8H,2-4H2,1H3. The molecule has 0 N–H and O–H groups in total. The fourth-order valence-corrected chi connectivity index (χ4v) is 2.07. The second-order valence-electron chi connectivity index (χ2n) is 4.17. The van der Waals surface area contributed by atoms with Crippen LogP contribution in [0.5, 0.6) is 0 Å². The Balaban J connectivity index is 2.37. The van der Waals surface area contributed by atoms with Crippen LogP contribution in [0.4, 0.5) is 0 Å². The number of hydrogen-bond acceptors (Lipinski definition) is 3. The van der Waals surface area contributed by atoms with E-state index in [1.165, 1.54) is 13.2 Å². The van der Waals surface area contributed by atoms with Crippen LogP contribution >= 0.6 is 11.6 Å². The summed E-state index contributed by atoms with van der Waals surface area (Å²) < 4.78 is 4.66. The van der Waals surface area contributed by atoms with Crippen LogP contribution in [0.2, 0.25) is 5.02 Å². The molecule has 1 aliphatic carbocycles. The third-order valence-electron chi connectivity index (χ3n) is 3.13. The second-order valence-corrected chi connectivity index (χ2v) is 4.61. The minimum atomic E-state index is -0.518. The van der Waals surface area contributed by atoms with Crippen molar-refractivity contribution in [2.45, 2.75) is 19.3 Å². The van der Waals surface area contributed by atoms with E-state index in [0.29, 0.717) is 10.6 Å². The largest absolute Gasteiger partial charge is 0.465 e. The van der Waals surface area contributed by atoms with E-state index in [1.807, 2.05) is 0 Å². The van der Waals surface area contributed by atoms with Gasteiger partial charge in [0.05, 0.1) is 12.7 Å². The first-order chi connectivity index (χ1) is 8.13. The first-order valence-electron chi connectivity index (χ1n) is 5.55. The fourth-order valence-electron chi connectivity index (χ4n) is 1.90. The minimum absolute atomic E-state index is 0.0216. The van der Waals surface area contributed by atoms with Crippen LogP contribution in [-0.4, -0.2) is 18.9 Å². The maximum absolute atomic E-state index is 12.1. The van der Waals surface area contributed by atoms with E-state index in [1.54, 1.807) is 12.1 Å². The smallest absolute Gasteiger partial charge is 0.338 e. The van der Waals surface area contributed by atoms with Crippen molar-refractivity contribution in [3.63, 3.8) is 0 Å². The first-order valence-corrected chi connectivity index (χ1v) is 5.93. The lowest BCUT2D eigenvalue weighted by molar-refractivity contribution is 0.0594. The average molecular weight is 253 g/mol. The van der Waals surface area contributed by atoms with Gasteiger partial charge in [0.15, 0.2) is 5.78 Å². The maximum Gasteiger partial charge on any atom is 0.338 e. The van der Waals surface area contributed by atoms with Crippen LogP contribution < -0.4 is 0 Å². The lowest BCUT2D eigenvalue weighted by atomic mass is 9.79. The Kier molecular flexibility index (Phi) is 3.48. The van der Waals surface area contributed by atoms with Crippen LogP contribution in [-0.2, 0) is 4.74 Å². The fraction of sp³-hybridized carbons (Fsp3) is 0.385. The number of ether oxygens (including phenoxy) is 1. The summed E-state index contributed by atoms with van der Waals surface area (Å²) in [5.41, 5.74) is 0.683. The molecule has 0 bridgehead atoms. The summed E-state index contributed by atoms with van der Waals surface area (Å²) >= 11 is 5.83. The molecule has 1 aromatic rings. The number of rotatable bonds is 3.